The number of hydrogen-bond donors (Lipinski definition) is 1. The smallest absolute Gasteiger partial charge is 0.150 e. The van der Waals surface area contributed by atoms with Crippen LogP contribution in [0.5, 0.6) is 0 Å². The van der Waals surface area contributed by atoms with Gasteiger partial charge >= 0.3 is 0 Å². The van der Waals surface area contributed by atoms with Crippen LogP contribution in [0.15, 0.2) is 6.33 Å². The van der Waals surface area contributed by atoms with Gasteiger partial charge in [0, 0.05) is 6.04 Å². The third-order valence-corrected chi connectivity index (χ3v) is 6.03. The second-order valence-electron chi connectivity index (χ2n) is 7.41. The molecule has 1 unspecified atom stereocenters. The van der Waals surface area contributed by atoms with Crippen molar-refractivity contribution in [3.63, 3.8) is 0 Å². The van der Waals surface area contributed by atoms with Gasteiger partial charge < -0.3 is 10.3 Å². The molecule has 110 valence electrons. The number of aromatic nitrogens is 3. The Morgan fingerprint density at radius 1 is 1.20 bits per heavy atom. The highest BCUT2D eigenvalue weighted by molar-refractivity contribution is 5.05. The minimum atomic E-state index is 0.0553. The molecule has 4 aliphatic rings. The number of rotatable bonds is 4. The molecule has 4 heteroatoms. The van der Waals surface area contributed by atoms with Crippen LogP contribution in [0.25, 0.3) is 0 Å². The Kier molecular flexibility index (Phi) is 3.09. The summed E-state index contributed by atoms with van der Waals surface area (Å²) in [4.78, 5) is 0. The van der Waals surface area contributed by atoms with Crippen LogP contribution in [0.1, 0.15) is 69.8 Å². The summed E-state index contributed by atoms with van der Waals surface area (Å²) < 4.78 is 2.37. The van der Waals surface area contributed by atoms with Crippen molar-refractivity contribution in [3.05, 3.63) is 12.2 Å². The average molecular weight is 274 g/mol. The van der Waals surface area contributed by atoms with Gasteiger partial charge in [0.05, 0.1) is 6.04 Å². The van der Waals surface area contributed by atoms with E-state index in [2.05, 4.69) is 21.7 Å². The normalized spacial score (nSPS) is 40.2. The summed E-state index contributed by atoms with van der Waals surface area (Å²) in [5.41, 5.74) is 6.32. The molecule has 4 bridgehead atoms. The summed E-state index contributed by atoms with van der Waals surface area (Å²) >= 11 is 0. The van der Waals surface area contributed by atoms with Crippen LogP contribution in [0.2, 0.25) is 0 Å². The molecular weight excluding hydrogens is 248 g/mol. The van der Waals surface area contributed by atoms with E-state index in [-0.39, 0.29) is 6.04 Å². The van der Waals surface area contributed by atoms with E-state index in [4.69, 9.17) is 5.73 Å². The van der Waals surface area contributed by atoms with Gasteiger partial charge in [0.1, 0.15) is 12.2 Å². The zero-order valence-corrected chi connectivity index (χ0v) is 12.4. The molecule has 1 heterocycles. The molecule has 4 nitrogen and oxygen atoms in total. The third kappa shape index (κ3) is 1.92. The molecule has 1 atom stereocenters. The maximum absolute atomic E-state index is 6.32. The molecular formula is C16H26N4. The Morgan fingerprint density at radius 2 is 1.85 bits per heavy atom. The summed E-state index contributed by atoms with van der Waals surface area (Å²) in [7, 11) is 0. The Labute approximate surface area is 121 Å². The first kappa shape index (κ1) is 12.8. The second kappa shape index (κ2) is 4.83. The molecule has 0 radical (unpaired) electrons. The van der Waals surface area contributed by atoms with Crippen molar-refractivity contribution >= 4 is 0 Å². The van der Waals surface area contributed by atoms with Crippen LogP contribution in [-0.2, 0) is 0 Å². The van der Waals surface area contributed by atoms with Gasteiger partial charge in [0.2, 0.25) is 0 Å². The second-order valence-corrected chi connectivity index (χ2v) is 7.41. The lowest BCUT2D eigenvalue weighted by Gasteiger charge is -2.54. The first-order chi connectivity index (χ1) is 9.76. The zero-order valence-electron chi connectivity index (χ0n) is 12.4. The summed E-state index contributed by atoms with van der Waals surface area (Å²) in [5, 5.41) is 8.55. The number of nitrogens with two attached hydrogens (primary N) is 1. The summed E-state index contributed by atoms with van der Waals surface area (Å²) in [5.74, 6) is 4.77. The predicted octanol–water partition coefficient (Wildman–Crippen LogP) is 3.08. The lowest BCUT2D eigenvalue weighted by molar-refractivity contribution is -0.0305. The van der Waals surface area contributed by atoms with Gasteiger partial charge in [0.15, 0.2) is 0 Å². The Hall–Kier alpha value is -0.900. The number of nitrogens with zero attached hydrogens (tertiary/aromatic N) is 3. The van der Waals surface area contributed by atoms with Crippen LogP contribution in [0.4, 0.5) is 0 Å². The lowest BCUT2D eigenvalue weighted by atomic mass is 9.54. The monoisotopic (exact) mass is 274 g/mol. The van der Waals surface area contributed by atoms with Crippen molar-refractivity contribution < 1.29 is 0 Å². The third-order valence-electron chi connectivity index (χ3n) is 6.03. The van der Waals surface area contributed by atoms with Gasteiger partial charge in [-0.15, -0.1) is 10.2 Å². The fourth-order valence-corrected chi connectivity index (χ4v) is 5.54. The maximum atomic E-state index is 6.32. The van der Waals surface area contributed by atoms with Crippen molar-refractivity contribution in [2.75, 3.05) is 0 Å². The van der Waals surface area contributed by atoms with E-state index in [0.717, 1.165) is 42.3 Å². The molecule has 0 spiro atoms. The molecule has 0 aromatic carbocycles. The quantitative estimate of drug-likeness (QED) is 0.918. The first-order valence-corrected chi connectivity index (χ1v) is 8.41. The van der Waals surface area contributed by atoms with Crippen molar-refractivity contribution in [2.45, 2.75) is 64.0 Å². The fraction of sp³-hybridized carbons (Fsp3) is 0.875. The van der Waals surface area contributed by atoms with E-state index in [1.165, 1.54) is 32.1 Å². The van der Waals surface area contributed by atoms with Crippen LogP contribution in [-0.4, -0.2) is 14.8 Å². The van der Waals surface area contributed by atoms with Gasteiger partial charge in [-0.1, -0.05) is 13.3 Å². The van der Waals surface area contributed by atoms with Crippen molar-refractivity contribution in [2.24, 2.45) is 29.4 Å². The standard InChI is InChI=1S/C16H26N4/c1-2-3-14(17)16-19-18-9-20(16)15-12-5-10-4-11(7-12)8-13(15)6-10/h9-15H,2-8,17H2,1H3. The number of hydrogen-bond acceptors (Lipinski definition) is 3. The van der Waals surface area contributed by atoms with Crippen LogP contribution < -0.4 is 5.73 Å². The highest BCUT2D eigenvalue weighted by Crippen LogP contribution is 2.58. The van der Waals surface area contributed by atoms with Crippen molar-refractivity contribution in [1.29, 1.82) is 0 Å². The molecule has 4 fully saturated rings. The minimum absolute atomic E-state index is 0.0553. The van der Waals surface area contributed by atoms with E-state index in [0.29, 0.717) is 6.04 Å². The highest BCUT2D eigenvalue weighted by atomic mass is 15.3. The molecule has 0 aliphatic heterocycles. The lowest BCUT2D eigenvalue weighted by Crippen LogP contribution is -2.46. The van der Waals surface area contributed by atoms with Crippen molar-refractivity contribution in [1.82, 2.24) is 14.8 Å². The largest absolute Gasteiger partial charge is 0.321 e. The molecule has 5 rings (SSSR count). The van der Waals surface area contributed by atoms with E-state index in [1.54, 1.807) is 0 Å². The van der Waals surface area contributed by atoms with Crippen LogP contribution >= 0.6 is 0 Å². The van der Waals surface area contributed by atoms with Crippen LogP contribution in [0, 0.1) is 23.7 Å². The Balaban J connectivity index is 1.63. The van der Waals surface area contributed by atoms with Gasteiger partial charge in [-0.3, -0.25) is 0 Å². The van der Waals surface area contributed by atoms with Gasteiger partial charge in [-0.25, -0.2) is 0 Å². The Morgan fingerprint density at radius 3 is 2.45 bits per heavy atom. The van der Waals surface area contributed by atoms with Crippen molar-refractivity contribution in [3.8, 4) is 0 Å². The van der Waals surface area contributed by atoms with Gasteiger partial charge in [0.25, 0.3) is 0 Å². The van der Waals surface area contributed by atoms with E-state index < -0.39 is 0 Å². The predicted molar refractivity (Wildman–Crippen MR) is 77.9 cm³/mol. The molecule has 1 aromatic heterocycles. The average Bonchev–Trinajstić information content (AvgIpc) is 2.87. The molecule has 4 aliphatic carbocycles. The SMILES string of the molecule is CCCC(N)c1nncn1C1C2CC3CC(C2)CC1C3. The summed E-state index contributed by atoms with van der Waals surface area (Å²) in [6, 6.07) is 0.690. The summed E-state index contributed by atoms with van der Waals surface area (Å²) in [6.07, 6.45) is 11.3. The minimum Gasteiger partial charge on any atom is -0.321 e. The molecule has 0 amide bonds. The summed E-state index contributed by atoms with van der Waals surface area (Å²) in [6.45, 7) is 2.18. The fourth-order valence-electron chi connectivity index (χ4n) is 5.54. The molecule has 20 heavy (non-hydrogen) atoms. The van der Waals surface area contributed by atoms with E-state index in [9.17, 15) is 0 Å². The van der Waals surface area contributed by atoms with Gasteiger partial charge in [-0.2, -0.15) is 0 Å². The molecule has 4 saturated carbocycles. The van der Waals surface area contributed by atoms with Crippen LogP contribution in [0.3, 0.4) is 0 Å². The molecule has 1 aromatic rings. The van der Waals surface area contributed by atoms with Gasteiger partial charge in [-0.05, 0) is 62.2 Å². The van der Waals surface area contributed by atoms with E-state index in [1.807, 2.05) is 6.33 Å². The first-order valence-electron chi connectivity index (χ1n) is 8.41. The Bertz CT molecular complexity index is 453. The maximum Gasteiger partial charge on any atom is 0.150 e. The molecule has 0 saturated heterocycles. The molecule has 2 N–H and O–H groups in total. The van der Waals surface area contributed by atoms with E-state index >= 15 is 0 Å². The highest BCUT2D eigenvalue weighted by Gasteiger charge is 2.49. The topological polar surface area (TPSA) is 56.7 Å². The zero-order chi connectivity index (χ0) is 13.7.